The average Bonchev–Trinajstić information content (AvgIpc) is 2.77. The minimum atomic E-state index is 0.375. The molecule has 16 heavy (non-hydrogen) atoms. The number of aryl methyl sites for hydroxylation is 1. The molecule has 0 saturated heterocycles. The third-order valence-corrected chi connectivity index (χ3v) is 1.79. The third kappa shape index (κ3) is 3.57. The van der Waals surface area contributed by atoms with Crippen LogP contribution in [-0.4, -0.2) is 18.7 Å². The maximum Gasteiger partial charge on any atom is 0.292 e. The summed E-state index contributed by atoms with van der Waals surface area (Å²) in [5.74, 6) is 0.842. The summed E-state index contributed by atoms with van der Waals surface area (Å²) < 4.78 is 8.83. The summed E-state index contributed by atoms with van der Waals surface area (Å²) in [6.45, 7) is 2.26. The van der Waals surface area contributed by atoms with E-state index in [9.17, 15) is 0 Å². The largest absolute Gasteiger partial charge is 0.471 e. The first-order valence-corrected chi connectivity index (χ1v) is 4.73. The van der Waals surface area contributed by atoms with Crippen LogP contribution in [0.25, 0.3) is 11.3 Å². The number of hydrogen-bond donors (Lipinski definition) is 0. The molecule has 1 heterocycles. The summed E-state index contributed by atoms with van der Waals surface area (Å²) in [7, 11) is 1.31. The molecule has 0 aliphatic carbocycles. The van der Waals surface area contributed by atoms with Gasteiger partial charge in [-0.3, -0.25) is 4.79 Å². The second kappa shape index (κ2) is 6.40. The lowest BCUT2D eigenvalue weighted by Gasteiger charge is -1.90. The van der Waals surface area contributed by atoms with Crippen molar-refractivity contribution >= 4 is 6.47 Å². The van der Waals surface area contributed by atoms with Gasteiger partial charge in [0.2, 0.25) is 0 Å². The van der Waals surface area contributed by atoms with E-state index in [0.29, 0.717) is 6.47 Å². The normalized spacial score (nSPS) is 8.88. The van der Waals surface area contributed by atoms with Crippen molar-refractivity contribution in [3.05, 3.63) is 42.2 Å². The Balaban J connectivity index is 0.000000280. The Morgan fingerprint density at radius 3 is 2.38 bits per heavy atom. The molecule has 0 unspecified atom stereocenters. The van der Waals surface area contributed by atoms with Gasteiger partial charge < -0.3 is 9.26 Å². The zero-order chi connectivity index (χ0) is 11.8. The molecule has 1 aromatic carbocycles. The number of methoxy groups -OCH3 is 1. The number of hydrogen-bond acceptors (Lipinski definition) is 4. The van der Waals surface area contributed by atoms with E-state index in [2.05, 4.69) is 9.89 Å². The van der Waals surface area contributed by atoms with Crippen molar-refractivity contribution in [1.82, 2.24) is 5.16 Å². The first-order valence-electron chi connectivity index (χ1n) is 4.73. The topological polar surface area (TPSA) is 52.3 Å². The van der Waals surface area contributed by atoms with Crippen molar-refractivity contribution in [1.29, 1.82) is 0 Å². The predicted molar refractivity (Wildman–Crippen MR) is 59.7 cm³/mol. The number of carbonyl (C=O) groups is 1. The maximum atomic E-state index is 8.95. The predicted octanol–water partition coefficient (Wildman–Crippen LogP) is 2.44. The van der Waals surface area contributed by atoms with Crippen molar-refractivity contribution in [2.45, 2.75) is 6.92 Å². The lowest BCUT2D eigenvalue weighted by atomic mass is 10.1. The molecule has 0 spiro atoms. The number of aromatic nitrogens is 1. The van der Waals surface area contributed by atoms with Crippen LogP contribution < -0.4 is 0 Å². The highest BCUT2D eigenvalue weighted by Gasteiger charge is 2.00. The van der Waals surface area contributed by atoms with Crippen LogP contribution in [0.5, 0.6) is 0 Å². The Hall–Kier alpha value is -2.10. The van der Waals surface area contributed by atoms with E-state index in [-0.39, 0.29) is 0 Å². The molecule has 0 aliphatic rings. The van der Waals surface area contributed by atoms with Crippen molar-refractivity contribution in [2.75, 3.05) is 7.11 Å². The summed E-state index contributed by atoms with van der Waals surface area (Å²) in [5, 5.41) is 3.91. The van der Waals surface area contributed by atoms with E-state index in [1.165, 1.54) is 7.11 Å². The van der Waals surface area contributed by atoms with Gasteiger partial charge in [-0.1, -0.05) is 35.5 Å². The standard InChI is InChI=1S/C10H9NO.C2H4O2/c1-8-7-10(11-12-8)9-5-3-2-4-6-9;1-4-2-3/h2-7H,1H3;2H,1H3. The quantitative estimate of drug-likeness (QED) is 0.728. The van der Waals surface area contributed by atoms with Crippen LogP contribution in [0.1, 0.15) is 5.76 Å². The second-order valence-corrected chi connectivity index (χ2v) is 3.02. The molecule has 0 aliphatic heterocycles. The number of ether oxygens (including phenoxy) is 1. The van der Waals surface area contributed by atoms with Gasteiger partial charge in [0.25, 0.3) is 6.47 Å². The monoisotopic (exact) mass is 219 g/mol. The molecule has 0 N–H and O–H groups in total. The van der Waals surface area contributed by atoms with Crippen LogP contribution in [0, 0.1) is 6.92 Å². The number of carbonyl (C=O) groups excluding carboxylic acids is 1. The molecule has 0 bridgehead atoms. The van der Waals surface area contributed by atoms with E-state index >= 15 is 0 Å². The lowest BCUT2D eigenvalue weighted by molar-refractivity contribution is -0.126. The fourth-order valence-corrected chi connectivity index (χ4v) is 1.11. The SMILES string of the molecule is COC=O.Cc1cc(-c2ccccc2)no1. The summed E-state index contributed by atoms with van der Waals surface area (Å²) in [5.41, 5.74) is 1.99. The fourth-order valence-electron chi connectivity index (χ4n) is 1.11. The molecule has 0 saturated carbocycles. The van der Waals surface area contributed by atoms with Crippen LogP contribution in [-0.2, 0) is 9.53 Å². The lowest BCUT2D eigenvalue weighted by Crippen LogP contribution is -1.73. The van der Waals surface area contributed by atoms with E-state index < -0.39 is 0 Å². The summed E-state index contributed by atoms with van der Waals surface area (Å²) in [4.78, 5) is 8.95. The number of rotatable bonds is 2. The van der Waals surface area contributed by atoms with Gasteiger partial charge in [0.05, 0.1) is 7.11 Å². The van der Waals surface area contributed by atoms with E-state index in [1.807, 2.05) is 43.3 Å². The molecule has 4 nitrogen and oxygen atoms in total. The maximum absolute atomic E-state index is 8.95. The highest BCUT2D eigenvalue weighted by molar-refractivity contribution is 5.58. The molecule has 0 atom stereocenters. The van der Waals surface area contributed by atoms with Gasteiger partial charge in [0, 0.05) is 11.6 Å². The van der Waals surface area contributed by atoms with E-state index in [4.69, 9.17) is 9.32 Å². The van der Waals surface area contributed by atoms with Crippen molar-refractivity contribution < 1.29 is 14.1 Å². The molecule has 1 aromatic heterocycles. The van der Waals surface area contributed by atoms with Gasteiger partial charge in [0.1, 0.15) is 11.5 Å². The molecular weight excluding hydrogens is 206 g/mol. The zero-order valence-corrected chi connectivity index (χ0v) is 9.21. The zero-order valence-electron chi connectivity index (χ0n) is 9.21. The smallest absolute Gasteiger partial charge is 0.292 e. The van der Waals surface area contributed by atoms with Crippen molar-refractivity contribution in [3.8, 4) is 11.3 Å². The van der Waals surface area contributed by atoms with Crippen LogP contribution >= 0.6 is 0 Å². The fraction of sp³-hybridized carbons (Fsp3) is 0.167. The van der Waals surface area contributed by atoms with Crippen LogP contribution in [0.4, 0.5) is 0 Å². The van der Waals surface area contributed by atoms with Crippen LogP contribution in [0.15, 0.2) is 40.9 Å². The average molecular weight is 219 g/mol. The molecule has 0 radical (unpaired) electrons. The van der Waals surface area contributed by atoms with Gasteiger partial charge in [-0.05, 0) is 6.92 Å². The van der Waals surface area contributed by atoms with Gasteiger partial charge in [-0.15, -0.1) is 0 Å². The van der Waals surface area contributed by atoms with E-state index in [1.54, 1.807) is 0 Å². The summed E-state index contributed by atoms with van der Waals surface area (Å²) >= 11 is 0. The highest BCUT2D eigenvalue weighted by Crippen LogP contribution is 2.17. The Bertz CT molecular complexity index is 423. The van der Waals surface area contributed by atoms with Gasteiger partial charge in [-0.2, -0.15) is 0 Å². The van der Waals surface area contributed by atoms with Gasteiger partial charge >= 0.3 is 0 Å². The molecule has 4 heteroatoms. The molecule has 84 valence electrons. The number of benzene rings is 1. The Kier molecular flexibility index (Phi) is 4.79. The minimum Gasteiger partial charge on any atom is -0.471 e. The molecule has 2 rings (SSSR count). The Morgan fingerprint density at radius 1 is 1.31 bits per heavy atom. The van der Waals surface area contributed by atoms with Gasteiger partial charge in [0.15, 0.2) is 0 Å². The second-order valence-electron chi connectivity index (χ2n) is 3.02. The minimum absolute atomic E-state index is 0.375. The number of nitrogens with zero attached hydrogens (tertiary/aromatic N) is 1. The highest BCUT2D eigenvalue weighted by atomic mass is 16.5. The summed E-state index contributed by atoms with van der Waals surface area (Å²) in [6.07, 6.45) is 0. The van der Waals surface area contributed by atoms with Crippen molar-refractivity contribution in [3.63, 3.8) is 0 Å². The molecule has 2 aromatic rings. The first-order chi connectivity index (χ1) is 7.77. The first kappa shape index (κ1) is 12.0. The molecule has 0 amide bonds. The molecular formula is C12H13NO3. The third-order valence-electron chi connectivity index (χ3n) is 1.79. The Morgan fingerprint density at radius 2 is 1.94 bits per heavy atom. The van der Waals surface area contributed by atoms with Crippen LogP contribution in [0.2, 0.25) is 0 Å². The Labute approximate surface area is 93.8 Å². The summed E-state index contributed by atoms with van der Waals surface area (Å²) in [6, 6.07) is 11.9. The van der Waals surface area contributed by atoms with E-state index in [0.717, 1.165) is 17.0 Å². The van der Waals surface area contributed by atoms with Crippen LogP contribution in [0.3, 0.4) is 0 Å². The van der Waals surface area contributed by atoms with Crippen molar-refractivity contribution in [2.24, 2.45) is 0 Å². The van der Waals surface area contributed by atoms with Gasteiger partial charge in [-0.25, -0.2) is 0 Å². The molecule has 0 fully saturated rings.